The summed E-state index contributed by atoms with van der Waals surface area (Å²) in [6, 6.07) is 22.3. The van der Waals surface area contributed by atoms with Gasteiger partial charge in [0.05, 0.1) is 18.9 Å². The first-order chi connectivity index (χ1) is 16.7. The monoisotopic (exact) mass is 460 g/mol. The van der Waals surface area contributed by atoms with E-state index >= 15 is 0 Å². The van der Waals surface area contributed by atoms with Gasteiger partial charge in [0, 0.05) is 31.4 Å². The lowest BCUT2D eigenvalue weighted by atomic mass is 10.1. The topological polar surface area (TPSA) is 82.7 Å². The van der Waals surface area contributed by atoms with Crippen LogP contribution in [-0.4, -0.2) is 62.3 Å². The molecule has 1 aliphatic rings. The van der Waals surface area contributed by atoms with Crippen LogP contribution in [0, 0.1) is 0 Å². The Bertz CT molecular complexity index is 1080. The number of carbonyl (C=O) groups excluding carboxylic acids is 2. The summed E-state index contributed by atoms with van der Waals surface area (Å²) in [5.74, 6) is -0.182. The van der Waals surface area contributed by atoms with Gasteiger partial charge in [-0.1, -0.05) is 66.7 Å². The molecule has 0 saturated carbocycles. The van der Waals surface area contributed by atoms with Crippen molar-refractivity contribution in [2.75, 3.05) is 44.7 Å². The number of anilines is 1. The van der Waals surface area contributed by atoms with Crippen molar-refractivity contribution in [3.8, 4) is 0 Å². The molecule has 1 atom stereocenters. The van der Waals surface area contributed by atoms with Crippen LogP contribution in [0.3, 0.4) is 0 Å². The van der Waals surface area contributed by atoms with E-state index in [0.29, 0.717) is 18.7 Å². The summed E-state index contributed by atoms with van der Waals surface area (Å²) < 4.78 is 5.38. The van der Waals surface area contributed by atoms with Crippen molar-refractivity contribution in [1.82, 2.24) is 15.5 Å². The molecular weight excluding hydrogens is 428 g/mol. The molecule has 1 saturated heterocycles. The molecule has 178 valence electrons. The van der Waals surface area contributed by atoms with E-state index in [1.54, 1.807) is 0 Å². The van der Waals surface area contributed by atoms with Gasteiger partial charge in [-0.15, -0.1) is 0 Å². The minimum atomic E-state index is -0.680. The predicted octanol–water partition coefficient (Wildman–Crippen LogP) is 3.41. The Labute approximate surface area is 200 Å². The number of rotatable bonds is 9. The number of carbonyl (C=O) groups is 2. The molecule has 1 aliphatic heterocycles. The van der Waals surface area contributed by atoms with Crippen molar-refractivity contribution in [3.05, 3.63) is 78.4 Å². The standard InChI is InChI=1S/C27H32N4O3/c32-26(28-14-7-15-31-16-18-34-19-17-31)25(20-21-8-2-1-3-9-21)30-27(33)29-24-13-6-11-22-10-4-5-12-23(22)24/h1-6,8-13,25H,7,14-20H2,(H,28,32)(H2,29,30,33). The van der Waals surface area contributed by atoms with Crippen LogP contribution in [0.25, 0.3) is 10.8 Å². The van der Waals surface area contributed by atoms with Gasteiger partial charge in [0.15, 0.2) is 0 Å². The zero-order valence-corrected chi connectivity index (χ0v) is 19.3. The molecule has 1 fully saturated rings. The molecule has 1 heterocycles. The van der Waals surface area contributed by atoms with E-state index in [9.17, 15) is 9.59 Å². The fourth-order valence-electron chi connectivity index (χ4n) is 4.17. The molecular formula is C27H32N4O3. The van der Waals surface area contributed by atoms with Crippen molar-refractivity contribution in [1.29, 1.82) is 0 Å². The van der Waals surface area contributed by atoms with Crippen LogP contribution in [0.5, 0.6) is 0 Å². The molecule has 7 heteroatoms. The molecule has 3 amide bonds. The molecule has 0 aromatic heterocycles. The normalized spacial score (nSPS) is 14.9. The Hall–Kier alpha value is -3.42. The first kappa shape index (κ1) is 23.7. The van der Waals surface area contributed by atoms with Gasteiger partial charge in [0.1, 0.15) is 6.04 Å². The lowest BCUT2D eigenvalue weighted by Gasteiger charge is -2.26. The van der Waals surface area contributed by atoms with Crippen molar-refractivity contribution in [2.45, 2.75) is 18.9 Å². The van der Waals surface area contributed by atoms with E-state index in [2.05, 4.69) is 20.9 Å². The smallest absolute Gasteiger partial charge is 0.319 e. The number of amides is 3. The number of hydrogen-bond donors (Lipinski definition) is 3. The van der Waals surface area contributed by atoms with Gasteiger partial charge in [0.25, 0.3) is 0 Å². The fraction of sp³-hybridized carbons (Fsp3) is 0.333. The maximum Gasteiger partial charge on any atom is 0.319 e. The molecule has 0 aliphatic carbocycles. The number of ether oxygens (including phenoxy) is 1. The zero-order chi connectivity index (χ0) is 23.6. The van der Waals surface area contributed by atoms with Crippen LogP contribution in [0.2, 0.25) is 0 Å². The van der Waals surface area contributed by atoms with E-state index in [1.165, 1.54) is 0 Å². The van der Waals surface area contributed by atoms with Crippen molar-refractivity contribution < 1.29 is 14.3 Å². The second-order valence-corrected chi connectivity index (χ2v) is 8.47. The lowest BCUT2D eigenvalue weighted by Crippen LogP contribution is -2.49. The SMILES string of the molecule is O=C(Nc1cccc2ccccc12)NC(Cc1ccccc1)C(=O)NCCCN1CCOCC1. The highest BCUT2D eigenvalue weighted by Crippen LogP contribution is 2.22. The maximum atomic E-state index is 13.0. The molecule has 34 heavy (non-hydrogen) atoms. The van der Waals surface area contributed by atoms with Crippen molar-refractivity contribution >= 4 is 28.4 Å². The molecule has 0 radical (unpaired) electrons. The number of benzene rings is 3. The summed E-state index contributed by atoms with van der Waals surface area (Å²) in [7, 11) is 0. The average Bonchev–Trinajstić information content (AvgIpc) is 2.87. The van der Waals surface area contributed by atoms with Crippen LogP contribution in [-0.2, 0) is 16.0 Å². The van der Waals surface area contributed by atoms with Crippen molar-refractivity contribution in [3.63, 3.8) is 0 Å². The lowest BCUT2D eigenvalue weighted by molar-refractivity contribution is -0.122. The number of morpholine rings is 1. The minimum Gasteiger partial charge on any atom is -0.379 e. The summed E-state index contributed by atoms with van der Waals surface area (Å²) >= 11 is 0. The molecule has 1 unspecified atom stereocenters. The molecule has 3 N–H and O–H groups in total. The van der Waals surface area contributed by atoms with Crippen LogP contribution < -0.4 is 16.0 Å². The average molecular weight is 461 g/mol. The number of urea groups is 1. The Kier molecular flexibility index (Phi) is 8.48. The Morgan fingerprint density at radius 2 is 1.65 bits per heavy atom. The van der Waals surface area contributed by atoms with E-state index in [0.717, 1.165) is 55.6 Å². The van der Waals surface area contributed by atoms with E-state index in [1.807, 2.05) is 72.8 Å². The van der Waals surface area contributed by atoms with Crippen LogP contribution in [0.15, 0.2) is 72.8 Å². The van der Waals surface area contributed by atoms with Gasteiger partial charge in [-0.2, -0.15) is 0 Å². The van der Waals surface area contributed by atoms with Crippen LogP contribution >= 0.6 is 0 Å². The third kappa shape index (κ3) is 6.79. The highest BCUT2D eigenvalue weighted by Gasteiger charge is 2.21. The van der Waals surface area contributed by atoms with E-state index in [-0.39, 0.29) is 5.91 Å². The second kappa shape index (κ2) is 12.2. The summed E-state index contributed by atoms with van der Waals surface area (Å²) in [6.07, 6.45) is 1.27. The molecule has 3 aromatic carbocycles. The van der Waals surface area contributed by atoms with E-state index in [4.69, 9.17) is 4.74 Å². The Balaban J connectivity index is 1.36. The molecule has 0 spiro atoms. The summed E-state index contributed by atoms with van der Waals surface area (Å²) in [4.78, 5) is 28.2. The van der Waals surface area contributed by atoms with Gasteiger partial charge in [-0.3, -0.25) is 9.69 Å². The van der Waals surface area contributed by atoms with Gasteiger partial charge in [0.2, 0.25) is 5.91 Å². The number of fused-ring (bicyclic) bond motifs is 1. The minimum absolute atomic E-state index is 0.182. The Morgan fingerprint density at radius 1 is 0.912 bits per heavy atom. The number of hydrogen-bond acceptors (Lipinski definition) is 4. The van der Waals surface area contributed by atoms with Gasteiger partial charge in [-0.05, 0) is 30.0 Å². The van der Waals surface area contributed by atoms with Gasteiger partial charge in [-0.25, -0.2) is 4.79 Å². The van der Waals surface area contributed by atoms with Gasteiger partial charge < -0.3 is 20.7 Å². The Morgan fingerprint density at radius 3 is 2.47 bits per heavy atom. The summed E-state index contributed by atoms with van der Waals surface area (Å²) in [5.41, 5.74) is 1.70. The molecule has 4 rings (SSSR count). The fourth-order valence-corrected chi connectivity index (χ4v) is 4.17. The summed E-state index contributed by atoms with van der Waals surface area (Å²) in [5, 5.41) is 10.8. The predicted molar refractivity (Wildman–Crippen MR) is 135 cm³/mol. The third-order valence-corrected chi connectivity index (χ3v) is 6.00. The summed E-state index contributed by atoms with van der Waals surface area (Å²) in [6.45, 7) is 4.87. The zero-order valence-electron chi connectivity index (χ0n) is 19.3. The van der Waals surface area contributed by atoms with Gasteiger partial charge >= 0.3 is 6.03 Å². The largest absolute Gasteiger partial charge is 0.379 e. The number of nitrogens with one attached hydrogen (secondary N) is 3. The highest BCUT2D eigenvalue weighted by atomic mass is 16.5. The van der Waals surface area contributed by atoms with E-state index < -0.39 is 12.1 Å². The maximum absolute atomic E-state index is 13.0. The quantitative estimate of drug-likeness (QED) is 0.428. The molecule has 3 aromatic rings. The van der Waals surface area contributed by atoms with Crippen LogP contribution in [0.4, 0.5) is 10.5 Å². The second-order valence-electron chi connectivity index (χ2n) is 8.47. The third-order valence-electron chi connectivity index (χ3n) is 6.00. The van der Waals surface area contributed by atoms with Crippen LogP contribution in [0.1, 0.15) is 12.0 Å². The first-order valence-corrected chi connectivity index (χ1v) is 11.9. The van der Waals surface area contributed by atoms with Crippen molar-refractivity contribution in [2.24, 2.45) is 0 Å². The number of nitrogens with zero attached hydrogens (tertiary/aromatic N) is 1. The highest BCUT2D eigenvalue weighted by molar-refractivity contribution is 6.02. The molecule has 7 nitrogen and oxygen atoms in total. The first-order valence-electron chi connectivity index (χ1n) is 11.9. The molecule has 0 bridgehead atoms.